The van der Waals surface area contributed by atoms with Gasteiger partial charge in [-0.3, -0.25) is 0 Å². The number of carbonyl (C=O) groups is 1. The lowest BCUT2D eigenvalue weighted by Gasteiger charge is -2.00. The summed E-state index contributed by atoms with van der Waals surface area (Å²) in [6.07, 6.45) is 0.970. The van der Waals surface area contributed by atoms with Crippen LogP contribution in [0.1, 0.15) is 5.56 Å². The third-order valence-electron chi connectivity index (χ3n) is 1.41. The van der Waals surface area contributed by atoms with E-state index in [0.717, 1.165) is 6.29 Å². The summed E-state index contributed by atoms with van der Waals surface area (Å²) in [4.78, 5) is 10.1. The zero-order valence-corrected chi connectivity index (χ0v) is 5.95. The number of hydrogen-bond donors (Lipinski definition) is 2. The summed E-state index contributed by atoms with van der Waals surface area (Å²) in [5.41, 5.74) is 6.48. The van der Waals surface area contributed by atoms with E-state index in [1.54, 1.807) is 12.1 Å². The highest BCUT2D eigenvalue weighted by Gasteiger charge is 1.98. The van der Waals surface area contributed by atoms with Crippen LogP contribution in [0.3, 0.4) is 0 Å². The smallest absolute Gasteiger partial charge is 0.124 e. The fourth-order valence-corrected chi connectivity index (χ4v) is 0.843. The number of nitrogens with two attached hydrogens (primary N) is 1. The molecule has 3 N–H and O–H groups in total. The number of carbonyl (C=O) groups excluding carboxylic acids is 1. The Kier molecular flexibility index (Phi) is 2.11. The van der Waals surface area contributed by atoms with Crippen LogP contribution in [0.5, 0.6) is 5.75 Å². The van der Waals surface area contributed by atoms with Crippen molar-refractivity contribution in [2.24, 2.45) is 0 Å². The number of phenols is 1. The van der Waals surface area contributed by atoms with Crippen LogP contribution in [0.4, 0.5) is 5.69 Å². The van der Waals surface area contributed by atoms with Gasteiger partial charge in [0.15, 0.2) is 0 Å². The molecule has 0 bridgehead atoms. The molecule has 58 valence electrons. The lowest BCUT2D eigenvalue weighted by molar-refractivity contribution is -0.107. The molecular formula is C8H9NO2. The molecule has 0 saturated heterocycles. The van der Waals surface area contributed by atoms with E-state index in [9.17, 15) is 9.90 Å². The number of hydrogen-bond acceptors (Lipinski definition) is 3. The van der Waals surface area contributed by atoms with Crippen LogP contribution in [-0.2, 0) is 11.2 Å². The number of anilines is 1. The Morgan fingerprint density at radius 1 is 1.55 bits per heavy atom. The van der Waals surface area contributed by atoms with Gasteiger partial charge in [0.1, 0.15) is 12.0 Å². The fraction of sp³-hybridized carbons (Fsp3) is 0.125. The first-order valence-corrected chi connectivity index (χ1v) is 3.25. The molecule has 0 radical (unpaired) electrons. The van der Waals surface area contributed by atoms with Gasteiger partial charge in [-0.15, -0.1) is 0 Å². The van der Waals surface area contributed by atoms with Crippen LogP contribution in [-0.4, -0.2) is 11.4 Å². The molecule has 1 rings (SSSR count). The lowest BCUT2D eigenvalue weighted by atomic mass is 10.1. The van der Waals surface area contributed by atoms with E-state index in [1.165, 1.54) is 6.07 Å². The van der Waals surface area contributed by atoms with Gasteiger partial charge in [0.2, 0.25) is 0 Å². The van der Waals surface area contributed by atoms with Crippen molar-refractivity contribution in [3.63, 3.8) is 0 Å². The molecule has 0 saturated carbocycles. The van der Waals surface area contributed by atoms with Crippen LogP contribution in [0.25, 0.3) is 0 Å². The number of benzene rings is 1. The standard InChI is InChI=1S/C8H9NO2/c9-7-2-1-6(3-4-10)8(11)5-7/h1-2,4-5,11H,3,9H2. The van der Waals surface area contributed by atoms with E-state index in [1.807, 2.05) is 0 Å². The van der Waals surface area contributed by atoms with E-state index in [4.69, 9.17) is 5.73 Å². The quantitative estimate of drug-likeness (QED) is 0.483. The molecule has 0 unspecified atom stereocenters. The largest absolute Gasteiger partial charge is 0.508 e. The molecular weight excluding hydrogens is 142 g/mol. The fourth-order valence-electron chi connectivity index (χ4n) is 0.843. The third kappa shape index (κ3) is 1.70. The summed E-state index contributed by atoms with van der Waals surface area (Å²) < 4.78 is 0. The second-order valence-electron chi connectivity index (χ2n) is 2.26. The molecule has 0 fully saturated rings. The van der Waals surface area contributed by atoms with E-state index in [-0.39, 0.29) is 12.2 Å². The highest BCUT2D eigenvalue weighted by atomic mass is 16.3. The summed E-state index contributed by atoms with van der Waals surface area (Å²) >= 11 is 0. The molecule has 1 aromatic rings. The molecule has 3 nitrogen and oxygen atoms in total. The number of nitrogen functional groups attached to an aromatic ring is 1. The van der Waals surface area contributed by atoms with Crippen LogP contribution in [0, 0.1) is 0 Å². The molecule has 0 amide bonds. The van der Waals surface area contributed by atoms with Gasteiger partial charge in [-0.1, -0.05) is 6.07 Å². The maximum absolute atomic E-state index is 10.1. The van der Waals surface area contributed by atoms with Gasteiger partial charge < -0.3 is 15.6 Å². The van der Waals surface area contributed by atoms with Crippen molar-refractivity contribution in [1.29, 1.82) is 0 Å². The van der Waals surface area contributed by atoms with Crippen LogP contribution < -0.4 is 5.73 Å². The summed E-state index contributed by atoms with van der Waals surface area (Å²) in [5.74, 6) is 0.0806. The Bertz CT molecular complexity index is 271. The van der Waals surface area contributed by atoms with Gasteiger partial charge in [0.05, 0.1) is 0 Å². The minimum atomic E-state index is 0.0806. The summed E-state index contributed by atoms with van der Waals surface area (Å²) in [6.45, 7) is 0. The lowest BCUT2D eigenvalue weighted by Crippen LogP contribution is -1.89. The highest BCUT2D eigenvalue weighted by molar-refractivity contribution is 5.59. The number of rotatable bonds is 2. The number of phenolic OH excluding ortho intramolecular Hbond substituents is 1. The molecule has 0 atom stereocenters. The summed E-state index contributed by atoms with van der Waals surface area (Å²) in [7, 11) is 0. The second-order valence-corrected chi connectivity index (χ2v) is 2.26. The van der Waals surface area contributed by atoms with E-state index >= 15 is 0 Å². The predicted molar refractivity (Wildman–Crippen MR) is 42.3 cm³/mol. The second kappa shape index (κ2) is 3.05. The van der Waals surface area contributed by atoms with Crippen molar-refractivity contribution in [1.82, 2.24) is 0 Å². The first kappa shape index (κ1) is 7.60. The van der Waals surface area contributed by atoms with E-state index < -0.39 is 0 Å². The van der Waals surface area contributed by atoms with Crippen LogP contribution >= 0.6 is 0 Å². The first-order valence-electron chi connectivity index (χ1n) is 3.25. The third-order valence-corrected chi connectivity index (χ3v) is 1.41. The minimum absolute atomic E-state index is 0.0806. The summed E-state index contributed by atoms with van der Waals surface area (Å²) in [6, 6.07) is 4.72. The van der Waals surface area contributed by atoms with Gasteiger partial charge >= 0.3 is 0 Å². The van der Waals surface area contributed by atoms with Crippen molar-refractivity contribution in [2.45, 2.75) is 6.42 Å². The van der Waals surface area contributed by atoms with Gasteiger partial charge in [0.25, 0.3) is 0 Å². The van der Waals surface area contributed by atoms with Gasteiger partial charge in [0, 0.05) is 23.7 Å². The van der Waals surface area contributed by atoms with Gasteiger partial charge in [-0.05, 0) is 6.07 Å². The van der Waals surface area contributed by atoms with Crippen LogP contribution in [0.2, 0.25) is 0 Å². The first-order chi connectivity index (χ1) is 5.24. The maximum atomic E-state index is 10.1. The molecule has 11 heavy (non-hydrogen) atoms. The van der Waals surface area contributed by atoms with Crippen LogP contribution in [0.15, 0.2) is 18.2 Å². The Morgan fingerprint density at radius 2 is 2.27 bits per heavy atom. The maximum Gasteiger partial charge on any atom is 0.124 e. The number of aromatic hydroxyl groups is 1. The van der Waals surface area contributed by atoms with Crippen molar-refractivity contribution < 1.29 is 9.90 Å². The molecule has 0 aliphatic heterocycles. The SMILES string of the molecule is Nc1ccc(CC=O)c(O)c1. The Morgan fingerprint density at radius 3 is 2.82 bits per heavy atom. The Hall–Kier alpha value is -1.51. The van der Waals surface area contributed by atoms with Gasteiger partial charge in [-0.25, -0.2) is 0 Å². The van der Waals surface area contributed by atoms with Gasteiger partial charge in [-0.2, -0.15) is 0 Å². The van der Waals surface area contributed by atoms with E-state index in [2.05, 4.69) is 0 Å². The molecule has 1 aromatic carbocycles. The molecule has 0 heterocycles. The molecule has 0 aliphatic rings. The zero-order valence-electron chi connectivity index (χ0n) is 5.95. The molecule has 0 spiro atoms. The molecule has 0 aromatic heterocycles. The zero-order chi connectivity index (χ0) is 8.27. The minimum Gasteiger partial charge on any atom is -0.508 e. The molecule has 0 aliphatic carbocycles. The predicted octanol–water partition coefficient (Wildman–Crippen LogP) is 0.716. The highest BCUT2D eigenvalue weighted by Crippen LogP contribution is 2.19. The van der Waals surface area contributed by atoms with Crippen molar-refractivity contribution in [3.05, 3.63) is 23.8 Å². The topological polar surface area (TPSA) is 63.3 Å². The van der Waals surface area contributed by atoms with Crippen molar-refractivity contribution >= 4 is 12.0 Å². The average molecular weight is 151 g/mol. The average Bonchev–Trinajstić information content (AvgIpc) is 1.95. The monoisotopic (exact) mass is 151 g/mol. The van der Waals surface area contributed by atoms with E-state index in [0.29, 0.717) is 11.3 Å². The Labute approximate surface area is 64.5 Å². The Balaban J connectivity index is 2.98. The van der Waals surface area contributed by atoms with Crippen molar-refractivity contribution in [2.75, 3.05) is 5.73 Å². The summed E-state index contributed by atoms with van der Waals surface area (Å²) in [5, 5.41) is 9.18. The molecule has 3 heteroatoms. The van der Waals surface area contributed by atoms with Crippen molar-refractivity contribution in [3.8, 4) is 5.75 Å². The normalized spacial score (nSPS) is 9.45. The number of aldehydes is 1.